The predicted octanol–water partition coefficient (Wildman–Crippen LogP) is 4.46. The lowest BCUT2D eigenvalue weighted by molar-refractivity contribution is -0.137. The summed E-state index contributed by atoms with van der Waals surface area (Å²) in [5.41, 5.74) is 0.225. The van der Waals surface area contributed by atoms with Gasteiger partial charge in [-0.3, -0.25) is 9.78 Å². The molecule has 3 rings (SSSR count). The molecule has 0 aliphatic carbocycles. The zero-order chi connectivity index (χ0) is 18.7. The smallest absolute Gasteiger partial charge is 0.347 e. The van der Waals surface area contributed by atoms with E-state index in [0.29, 0.717) is 0 Å². The average Bonchev–Trinajstić information content (AvgIpc) is 3.00. The van der Waals surface area contributed by atoms with Gasteiger partial charge in [0.1, 0.15) is 5.01 Å². The number of rotatable bonds is 4. The number of benzene rings is 1. The van der Waals surface area contributed by atoms with E-state index in [9.17, 15) is 18.0 Å². The number of alkyl halides is 3. The van der Waals surface area contributed by atoms with Crippen LogP contribution in [0.1, 0.15) is 26.5 Å². The van der Waals surface area contributed by atoms with Gasteiger partial charge in [-0.15, -0.1) is 11.3 Å². The van der Waals surface area contributed by atoms with Crippen molar-refractivity contribution in [3.63, 3.8) is 0 Å². The number of thiazole rings is 1. The van der Waals surface area contributed by atoms with E-state index in [1.54, 1.807) is 25.4 Å². The SMILES string of the molecule is Cc1nc(-c2cccnc2)sc1CNC(=O)c1ccccc1C(F)(F)F. The fraction of sp³-hybridized carbons (Fsp3) is 0.167. The maximum atomic E-state index is 13.0. The van der Waals surface area contributed by atoms with Crippen molar-refractivity contribution in [2.24, 2.45) is 0 Å². The zero-order valence-electron chi connectivity index (χ0n) is 13.7. The second-order valence-electron chi connectivity index (χ2n) is 5.50. The molecule has 134 valence electrons. The van der Waals surface area contributed by atoms with E-state index in [4.69, 9.17) is 0 Å². The maximum Gasteiger partial charge on any atom is 0.417 e. The van der Waals surface area contributed by atoms with E-state index >= 15 is 0 Å². The third kappa shape index (κ3) is 3.91. The molecule has 26 heavy (non-hydrogen) atoms. The van der Waals surface area contributed by atoms with Crippen molar-refractivity contribution in [3.8, 4) is 10.6 Å². The van der Waals surface area contributed by atoms with Crippen molar-refractivity contribution in [2.45, 2.75) is 19.6 Å². The highest BCUT2D eigenvalue weighted by Crippen LogP contribution is 2.32. The van der Waals surface area contributed by atoms with Gasteiger partial charge in [-0.1, -0.05) is 12.1 Å². The summed E-state index contributed by atoms with van der Waals surface area (Å²) in [7, 11) is 0. The standard InChI is InChI=1S/C18H14F3N3OS/c1-11-15(26-17(24-11)12-5-4-8-22-9-12)10-23-16(25)13-6-2-3-7-14(13)18(19,20)21/h2-9H,10H2,1H3,(H,23,25). The number of aromatic nitrogens is 2. The monoisotopic (exact) mass is 377 g/mol. The van der Waals surface area contributed by atoms with Gasteiger partial charge in [0.2, 0.25) is 0 Å². The third-order valence-electron chi connectivity index (χ3n) is 3.69. The van der Waals surface area contributed by atoms with E-state index in [2.05, 4.69) is 15.3 Å². The number of nitrogens with one attached hydrogen (secondary N) is 1. The van der Waals surface area contributed by atoms with Crippen LogP contribution in [0.15, 0.2) is 48.8 Å². The highest BCUT2D eigenvalue weighted by atomic mass is 32.1. The Morgan fingerprint density at radius 3 is 2.65 bits per heavy atom. The maximum absolute atomic E-state index is 13.0. The summed E-state index contributed by atoms with van der Waals surface area (Å²) in [5.74, 6) is -0.770. The normalized spacial score (nSPS) is 11.4. The van der Waals surface area contributed by atoms with Gasteiger partial charge in [0.25, 0.3) is 5.91 Å². The molecule has 0 unspecified atom stereocenters. The molecule has 0 aliphatic rings. The largest absolute Gasteiger partial charge is 0.417 e. The Labute approximate surface area is 151 Å². The second kappa shape index (κ2) is 7.25. The van der Waals surface area contributed by atoms with Gasteiger partial charge in [0, 0.05) is 22.8 Å². The molecule has 0 saturated carbocycles. The Kier molecular flexibility index (Phi) is 5.03. The van der Waals surface area contributed by atoms with E-state index in [1.807, 2.05) is 6.07 Å². The van der Waals surface area contributed by atoms with Gasteiger partial charge < -0.3 is 5.32 Å². The number of hydrogen-bond donors (Lipinski definition) is 1. The van der Waals surface area contributed by atoms with E-state index < -0.39 is 23.2 Å². The number of amides is 1. The molecule has 0 fully saturated rings. The summed E-state index contributed by atoms with van der Waals surface area (Å²) >= 11 is 1.37. The Morgan fingerprint density at radius 1 is 1.19 bits per heavy atom. The highest BCUT2D eigenvalue weighted by molar-refractivity contribution is 7.15. The number of hydrogen-bond acceptors (Lipinski definition) is 4. The van der Waals surface area contributed by atoms with Crippen LogP contribution in [0.2, 0.25) is 0 Å². The first kappa shape index (κ1) is 18.1. The quantitative estimate of drug-likeness (QED) is 0.730. The van der Waals surface area contributed by atoms with Crippen molar-refractivity contribution in [1.29, 1.82) is 0 Å². The molecule has 8 heteroatoms. The molecule has 2 aromatic heterocycles. The minimum atomic E-state index is -4.58. The predicted molar refractivity (Wildman–Crippen MR) is 92.7 cm³/mol. The second-order valence-corrected chi connectivity index (χ2v) is 6.58. The summed E-state index contributed by atoms with van der Waals surface area (Å²) in [5, 5.41) is 3.30. The molecule has 0 saturated heterocycles. The van der Waals surface area contributed by atoms with E-state index in [0.717, 1.165) is 27.2 Å². The van der Waals surface area contributed by atoms with Gasteiger partial charge in [-0.2, -0.15) is 13.2 Å². The summed E-state index contributed by atoms with van der Waals surface area (Å²) in [6.07, 6.45) is -1.24. The Hall–Kier alpha value is -2.74. The van der Waals surface area contributed by atoms with Crippen LogP contribution in [0.5, 0.6) is 0 Å². The van der Waals surface area contributed by atoms with Gasteiger partial charge in [0.15, 0.2) is 0 Å². The molecule has 0 atom stereocenters. The molecule has 2 heterocycles. The Morgan fingerprint density at radius 2 is 1.96 bits per heavy atom. The molecule has 4 nitrogen and oxygen atoms in total. The van der Waals surface area contributed by atoms with Gasteiger partial charge in [-0.25, -0.2) is 4.98 Å². The number of carbonyl (C=O) groups is 1. The van der Waals surface area contributed by atoms with Crippen molar-refractivity contribution in [1.82, 2.24) is 15.3 Å². The molecule has 3 aromatic rings. The van der Waals surface area contributed by atoms with Crippen LogP contribution in [-0.2, 0) is 12.7 Å². The van der Waals surface area contributed by atoms with Crippen molar-refractivity contribution in [2.75, 3.05) is 0 Å². The lowest BCUT2D eigenvalue weighted by Gasteiger charge is -2.12. The summed E-state index contributed by atoms with van der Waals surface area (Å²) < 4.78 is 39.1. The van der Waals surface area contributed by atoms with Crippen LogP contribution in [0.4, 0.5) is 13.2 Å². The van der Waals surface area contributed by atoms with Crippen LogP contribution in [-0.4, -0.2) is 15.9 Å². The van der Waals surface area contributed by atoms with Crippen LogP contribution < -0.4 is 5.32 Å². The third-order valence-corrected chi connectivity index (χ3v) is 4.89. The topological polar surface area (TPSA) is 54.9 Å². The molecule has 1 aromatic carbocycles. The van der Waals surface area contributed by atoms with Gasteiger partial charge in [-0.05, 0) is 31.2 Å². The first-order valence-corrected chi connectivity index (χ1v) is 8.49. The Bertz CT molecular complexity index is 923. The molecule has 1 amide bonds. The molecule has 1 N–H and O–H groups in total. The minimum absolute atomic E-state index is 0.106. The zero-order valence-corrected chi connectivity index (χ0v) is 14.5. The highest BCUT2D eigenvalue weighted by Gasteiger charge is 2.34. The minimum Gasteiger partial charge on any atom is -0.347 e. The average molecular weight is 377 g/mol. The fourth-order valence-corrected chi connectivity index (χ4v) is 3.38. The molecule has 0 bridgehead atoms. The lowest BCUT2D eigenvalue weighted by atomic mass is 10.1. The van der Waals surface area contributed by atoms with Crippen LogP contribution in [0.3, 0.4) is 0 Å². The number of pyridine rings is 1. The van der Waals surface area contributed by atoms with E-state index in [1.165, 1.54) is 29.5 Å². The number of halogens is 3. The molecular formula is C18H14F3N3OS. The first-order valence-electron chi connectivity index (χ1n) is 7.67. The van der Waals surface area contributed by atoms with Crippen molar-refractivity contribution < 1.29 is 18.0 Å². The summed E-state index contributed by atoms with van der Waals surface area (Å²) in [6.45, 7) is 1.90. The molecular weight excluding hydrogens is 363 g/mol. The van der Waals surface area contributed by atoms with Crippen LogP contribution in [0, 0.1) is 6.92 Å². The number of nitrogens with zero attached hydrogens (tertiary/aromatic N) is 2. The summed E-state index contributed by atoms with van der Waals surface area (Å²) in [4.78, 5) is 21.5. The first-order chi connectivity index (χ1) is 12.4. The molecule has 0 aliphatic heterocycles. The van der Waals surface area contributed by atoms with Crippen LogP contribution >= 0.6 is 11.3 Å². The lowest BCUT2D eigenvalue weighted by Crippen LogP contribution is -2.25. The van der Waals surface area contributed by atoms with Gasteiger partial charge in [0.05, 0.1) is 23.4 Å². The van der Waals surface area contributed by atoms with E-state index in [-0.39, 0.29) is 6.54 Å². The van der Waals surface area contributed by atoms with Crippen molar-refractivity contribution in [3.05, 3.63) is 70.5 Å². The molecule has 0 spiro atoms. The number of carbonyl (C=O) groups excluding carboxylic acids is 1. The van der Waals surface area contributed by atoms with Gasteiger partial charge >= 0.3 is 6.18 Å². The van der Waals surface area contributed by atoms with Crippen LogP contribution in [0.25, 0.3) is 10.6 Å². The summed E-state index contributed by atoms with van der Waals surface area (Å²) in [6, 6.07) is 8.39. The van der Waals surface area contributed by atoms with Crippen molar-refractivity contribution >= 4 is 17.2 Å². The fourth-order valence-electron chi connectivity index (χ4n) is 2.39. The Balaban J connectivity index is 1.76. The number of aryl methyl sites for hydroxylation is 1. The molecule has 0 radical (unpaired) electrons.